The van der Waals surface area contributed by atoms with Crippen molar-refractivity contribution in [3.8, 4) is 0 Å². The summed E-state index contributed by atoms with van der Waals surface area (Å²) in [6.45, 7) is 5.03. The smallest absolute Gasteiger partial charge is 0.00366 e. The second kappa shape index (κ2) is 5.18. The molecule has 0 aliphatic heterocycles. The van der Waals surface area contributed by atoms with Crippen LogP contribution in [0.25, 0.3) is 0 Å². The molecular formula is C10H16ClN. The molecule has 0 saturated carbocycles. The van der Waals surface area contributed by atoms with Gasteiger partial charge in [-0.1, -0.05) is 18.2 Å². The Morgan fingerprint density at radius 1 is 1.25 bits per heavy atom. The molecule has 0 unspecified atom stereocenters. The molecule has 1 rings (SSSR count). The predicted octanol–water partition coefficient (Wildman–Crippen LogP) is 2.23. The van der Waals surface area contributed by atoms with Crippen LogP contribution in [0.1, 0.15) is 16.7 Å². The van der Waals surface area contributed by atoms with Gasteiger partial charge in [0.25, 0.3) is 0 Å². The lowest BCUT2D eigenvalue weighted by Crippen LogP contribution is -2.04. The zero-order valence-corrected chi connectivity index (χ0v) is 8.45. The fourth-order valence-corrected chi connectivity index (χ4v) is 1.24. The van der Waals surface area contributed by atoms with E-state index in [1.54, 1.807) is 0 Å². The largest absolute Gasteiger partial charge is 0.330 e. The third-order valence-electron chi connectivity index (χ3n) is 2.13. The molecule has 0 radical (unpaired) electrons. The van der Waals surface area contributed by atoms with Crippen LogP contribution in [0, 0.1) is 13.8 Å². The second-order valence-corrected chi connectivity index (χ2v) is 2.90. The summed E-state index contributed by atoms with van der Waals surface area (Å²) in [6.07, 6.45) is 0.994. The summed E-state index contributed by atoms with van der Waals surface area (Å²) in [5.74, 6) is 0. The number of halogens is 1. The molecule has 0 fully saturated rings. The number of nitrogens with two attached hydrogens (primary N) is 1. The minimum Gasteiger partial charge on any atom is -0.330 e. The van der Waals surface area contributed by atoms with Gasteiger partial charge < -0.3 is 5.73 Å². The molecule has 1 aromatic rings. The first-order valence-electron chi connectivity index (χ1n) is 4.01. The van der Waals surface area contributed by atoms with Gasteiger partial charge in [0.1, 0.15) is 0 Å². The maximum absolute atomic E-state index is 5.48. The van der Waals surface area contributed by atoms with Crippen molar-refractivity contribution in [2.24, 2.45) is 5.73 Å². The first-order valence-corrected chi connectivity index (χ1v) is 4.01. The summed E-state index contributed by atoms with van der Waals surface area (Å²) in [5, 5.41) is 0. The van der Waals surface area contributed by atoms with Gasteiger partial charge in [-0.25, -0.2) is 0 Å². The average molecular weight is 186 g/mol. The van der Waals surface area contributed by atoms with Crippen molar-refractivity contribution in [1.82, 2.24) is 0 Å². The van der Waals surface area contributed by atoms with Gasteiger partial charge in [-0.2, -0.15) is 0 Å². The molecule has 12 heavy (non-hydrogen) atoms. The zero-order valence-electron chi connectivity index (χ0n) is 7.63. The normalized spacial score (nSPS) is 9.25. The van der Waals surface area contributed by atoms with Crippen LogP contribution < -0.4 is 5.73 Å². The molecule has 0 atom stereocenters. The fraction of sp³-hybridized carbons (Fsp3) is 0.400. The first kappa shape index (κ1) is 11.5. The summed E-state index contributed by atoms with van der Waals surface area (Å²) < 4.78 is 0. The Hall–Kier alpha value is -0.530. The molecule has 0 spiro atoms. The standard InChI is InChI=1S/C10H15N.ClH/c1-8-4-3-5-10(6-7-11)9(8)2;/h3-5H,6-7,11H2,1-2H3;1H. The molecule has 0 bridgehead atoms. The van der Waals surface area contributed by atoms with Crippen molar-refractivity contribution in [1.29, 1.82) is 0 Å². The Kier molecular flexibility index (Phi) is 4.95. The minimum absolute atomic E-state index is 0. The summed E-state index contributed by atoms with van der Waals surface area (Å²) in [4.78, 5) is 0. The van der Waals surface area contributed by atoms with Gasteiger partial charge in [-0.05, 0) is 43.5 Å². The van der Waals surface area contributed by atoms with E-state index in [9.17, 15) is 0 Å². The van der Waals surface area contributed by atoms with Crippen LogP contribution >= 0.6 is 12.4 Å². The highest BCUT2D eigenvalue weighted by atomic mass is 35.5. The van der Waals surface area contributed by atoms with E-state index in [-0.39, 0.29) is 12.4 Å². The van der Waals surface area contributed by atoms with Gasteiger partial charge in [0.2, 0.25) is 0 Å². The number of hydrogen-bond acceptors (Lipinski definition) is 1. The molecule has 0 heterocycles. The Labute approximate surface area is 80.4 Å². The highest BCUT2D eigenvalue weighted by Gasteiger charge is 1.97. The van der Waals surface area contributed by atoms with Gasteiger partial charge in [-0.15, -0.1) is 12.4 Å². The van der Waals surface area contributed by atoms with Crippen molar-refractivity contribution in [3.05, 3.63) is 34.9 Å². The Morgan fingerprint density at radius 2 is 1.92 bits per heavy atom. The number of benzene rings is 1. The zero-order chi connectivity index (χ0) is 8.27. The lowest BCUT2D eigenvalue weighted by Gasteiger charge is -2.05. The van der Waals surface area contributed by atoms with E-state index < -0.39 is 0 Å². The molecule has 0 aliphatic rings. The number of aryl methyl sites for hydroxylation is 1. The molecular weight excluding hydrogens is 170 g/mol. The number of hydrogen-bond donors (Lipinski definition) is 1. The van der Waals surface area contributed by atoms with E-state index in [1.165, 1.54) is 16.7 Å². The van der Waals surface area contributed by atoms with Crippen molar-refractivity contribution in [3.63, 3.8) is 0 Å². The Morgan fingerprint density at radius 3 is 2.50 bits per heavy atom. The molecule has 2 heteroatoms. The third-order valence-corrected chi connectivity index (χ3v) is 2.13. The maximum atomic E-state index is 5.48. The van der Waals surface area contributed by atoms with Crippen molar-refractivity contribution >= 4 is 12.4 Å². The van der Waals surface area contributed by atoms with Crippen LogP contribution in [0.3, 0.4) is 0 Å². The maximum Gasteiger partial charge on any atom is -0.00366 e. The molecule has 2 N–H and O–H groups in total. The van der Waals surface area contributed by atoms with E-state index in [2.05, 4.69) is 32.0 Å². The molecule has 0 aromatic heterocycles. The van der Waals surface area contributed by atoms with E-state index >= 15 is 0 Å². The van der Waals surface area contributed by atoms with Crippen molar-refractivity contribution < 1.29 is 0 Å². The van der Waals surface area contributed by atoms with Gasteiger partial charge in [0.15, 0.2) is 0 Å². The highest BCUT2D eigenvalue weighted by molar-refractivity contribution is 5.85. The molecule has 1 aromatic carbocycles. The monoisotopic (exact) mass is 185 g/mol. The van der Waals surface area contributed by atoms with Crippen LogP contribution in [0.5, 0.6) is 0 Å². The van der Waals surface area contributed by atoms with Gasteiger partial charge in [0, 0.05) is 0 Å². The lowest BCUT2D eigenvalue weighted by atomic mass is 10.0. The summed E-state index contributed by atoms with van der Waals surface area (Å²) in [5.41, 5.74) is 9.61. The molecule has 0 saturated heterocycles. The van der Waals surface area contributed by atoms with Gasteiger partial charge in [0.05, 0.1) is 0 Å². The Bertz CT molecular complexity index is 246. The van der Waals surface area contributed by atoms with Crippen molar-refractivity contribution in [2.45, 2.75) is 20.3 Å². The second-order valence-electron chi connectivity index (χ2n) is 2.90. The SMILES string of the molecule is Cc1cccc(CCN)c1C.Cl. The minimum atomic E-state index is 0. The highest BCUT2D eigenvalue weighted by Crippen LogP contribution is 2.12. The van der Waals surface area contributed by atoms with Crippen LogP contribution in [-0.2, 0) is 6.42 Å². The van der Waals surface area contributed by atoms with E-state index in [4.69, 9.17) is 5.73 Å². The Balaban J connectivity index is 0.00000121. The summed E-state index contributed by atoms with van der Waals surface area (Å²) in [7, 11) is 0. The van der Waals surface area contributed by atoms with Crippen LogP contribution in [0.4, 0.5) is 0 Å². The van der Waals surface area contributed by atoms with E-state index in [0.717, 1.165) is 13.0 Å². The van der Waals surface area contributed by atoms with Gasteiger partial charge in [-0.3, -0.25) is 0 Å². The molecule has 68 valence electrons. The number of rotatable bonds is 2. The molecule has 1 nitrogen and oxygen atoms in total. The lowest BCUT2D eigenvalue weighted by molar-refractivity contribution is 0.954. The van der Waals surface area contributed by atoms with E-state index in [0.29, 0.717) is 0 Å². The van der Waals surface area contributed by atoms with Crippen molar-refractivity contribution in [2.75, 3.05) is 6.54 Å². The molecule has 0 aliphatic carbocycles. The average Bonchev–Trinajstić information content (AvgIpc) is 1.99. The van der Waals surface area contributed by atoms with Crippen LogP contribution in [-0.4, -0.2) is 6.54 Å². The first-order chi connectivity index (χ1) is 5.25. The quantitative estimate of drug-likeness (QED) is 0.752. The summed E-state index contributed by atoms with van der Waals surface area (Å²) in [6, 6.07) is 6.37. The third kappa shape index (κ3) is 2.50. The van der Waals surface area contributed by atoms with Crippen LogP contribution in [0.15, 0.2) is 18.2 Å². The topological polar surface area (TPSA) is 26.0 Å². The fourth-order valence-electron chi connectivity index (χ4n) is 1.24. The molecule has 0 amide bonds. The predicted molar refractivity (Wildman–Crippen MR) is 55.9 cm³/mol. The summed E-state index contributed by atoms with van der Waals surface area (Å²) >= 11 is 0. The van der Waals surface area contributed by atoms with Gasteiger partial charge >= 0.3 is 0 Å². The van der Waals surface area contributed by atoms with E-state index in [1.807, 2.05) is 0 Å². The van der Waals surface area contributed by atoms with Crippen LogP contribution in [0.2, 0.25) is 0 Å².